The van der Waals surface area contributed by atoms with Gasteiger partial charge < -0.3 is 0 Å². The number of carbonyl (C=O) groups excluding carboxylic acids is 1. The summed E-state index contributed by atoms with van der Waals surface area (Å²) >= 11 is 0. The topological polar surface area (TPSA) is 30.0 Å². The predicted octanol–water partition coefficient (Wildman–Crippen LogP) is 4.02. The van der Waals surface area contributed by atoms with E-state index in [1.165, 1.54) is 0 Å². The second kappa shape index (κ2) is 6.99. The lowest BCUT2D eigenvalue weighted by molar-refractivity contribution is -0.120. The molecule has 2 atom stereocenters. The number of benzene rings is 1. The van der Waals surface area contributed by atoms with Crippen LogP contribution in [0.25, 0.3) is 0 Å². The molecule has 2 aromatic rings. The SMILES string of the molecule is CCC(C)C(C(=O)Cc1ccncc1)c1ccccc1. The molecule has 20 heavy (non-hydrogen) atoms. The van der Waals surface area contributed by atoms with Gasteiger partial charge in [0.05, 0.1) is 0 Å². The van der Waals surface area contributed by atoms with Crippen molar-refractivity contribution in [3.05, 3.63) is 66.0 Å². The van der Waals surface area contributed by atoms with E-state index in [1.807, 2.05) is 30.3 Å². The van der Waals surface area contributed by atoms with Crippen molar-refractivity contribution in [3.63, 3.8) is 0 Å². The molecule has 1 aromatic heterocycles. The number of Topliss-reactive ketones (excluding diaryl/α,β-unsaturated/α-hetero) is 1. The molecular formula is C18H21NO. The molecule has 0 amide bonds. The highest BCUT2D eigenvalue weighted by Gasteiger charge is 2.25. The molecule has 0 N–H and O–H groups in total. The number of hydrogen-bond donors (Lipinski definition) is 0. The lowest BCUT2D eigenvalue weighted by atomic mass is 9.81. The first kappa shape index (κ1) is 14.4. The van der Waals surface area contributed by atoms with Gasteiger partial charge in [-0.1, -0.05) is 50.6 Å². The molecule has 2 unspecified atom stereocenters. The Morgan fingerprint density at radius 2 is 1.75 bits per heavy atom. The van der Waals surface area contributed by atoms with Crippen molar-refractivity contribution in [2.45, 2.75) is 32.6 Å². The van der Waals surface area contributed by atoms with Crippen LogP contribution in [0.15, 0.2) is 54.9 Å². The first-order valence-corrected chi connectivity index (χ1v) is 7.19. The van der Waals surface area contributed by atoms with Crippen LogP contribution < -0.4 is 0 Å². The van der Waals surface area contributed by atoms with E-state index in [0.29, 0.717) is 12.3 Å². The molecule has 2 nitrogen and oxygen atoms in total. The Hall–Kier alpha value is -1.96. The maximum atomic E-state index is 12.7. The fraction of sp³-hybridized carbons (Fsp3) is 0.333. The summed E-state index contributed by atoms with van der Waals surface area (Å²) in [7, 11) is 0. The summed E-state index contributed by atoms with van der Waals surface area (Å²) < 4.78 is 0. The highest BCUT2D eigenvalue weighted by Crippen LogP contribution is 2.29. The van der Waals surface area contributed by atoms with E-state index in [0.717, 1.165) is 17.5 Å². The number of ketones is 1. The van der Waals surface area contributed by atoms with Crippen molar-refractivity contribution in [2.24, 2.45) is 5.92 Å². The van der Waals surface area contributed by atoms with Crippen LogP contribution in [0.2, 0.25) is 0 Å². The lowest BCUT2D eigenvalue weighted by Crippen LogP contribution is -2.21. The third-order valence-electron chi connectivity index (χ3n) is 3.85. The summed E-state index contributed by atoms with van der Waals surface area (Å²) in [5.74, 6) is 0.623. The van der Waals surface area contributed by atoms with Gasteiger partial charge in [0.1, 0.15) is 5.78 Å². The van der Waals surface area contributed by atoms with E-state index in [1.54, 1.807) is 12.4 Å². The molecule has 0 fully saturated rings. The number of carbonyl (C=O) groups is 1. The Morgan fingerprint density at radius 3 is 2.35 bits per heavy atom. The van der Waals surface area contributed by atoms with Crippen LogP contribution in [0, 0.1) is 5.92 Å². The van der Waals surface area contributed by atoms with Crippen LogP contribution in [-0.4, -0.2) is 10.8 Å². The highest BCUT2D eigenvalue weighted by molar-refractivity contribution is 5.87. The fourth-order valence-electron chi connectivity index (χ4n) is 2.54. The van der Waals surface area contributed by atoms with Crippen molar-refractivity contribution in [1.29, 1.82) is 0 Å². The van der Waals surface area contributed by atoms with Gasteiger partial charge in [-0.25, -0.2) is 0 Å². The van der Waals surface area contributed by atoms with Gasteiger partial charge in [0.15, 0.2) is 0 Å². The van der Waals surface area contributed by atoms with E-state index in [2.05, 4.69) is 31.0 Å². The normalized spacial score (nSPS) is 13.7. The summed E-state index contributed by atoms with van der Waals surface area (Å²) in [6.45, 7) is 4.29. The van der Waals surface area contributed by atoms with Crippen molar-refractivity contribution < 1.29 is 4.79 Å². The van der Waals surface area contributed by atoms with Crippen LogP contribution in [0.1, 0.15) is 37.3 Å². The van der Waals surface area contributed by atoms with E-state index in [4.69, 9.17) is 0 Å². The third-order valence-corrected chi connectivity index (χ3v) is 3.85. The maximum Gasteiger partial charge on any atom is 0.144 e. The quantitative estimate of drug-likeness (QED) is 0.791. The Balaban J connectivity index is 2.21. The minimum Gasteiger partial charge on any atom is -0.299 e. The van der Waals surface area contributed by atoms with Gasteiger partial charge in [-0.3, -0.25) is 9.78 Å². The summed E-state index contributed by atoms with van der Waals surface area (Å²) in [5, 5.41) is 0. The zero-order chi connectivity index (χ0) is 14.4. The Labute approximate surface area is 120 Å². The molecule has 0 bridgehead atoms. The zero-order valence-corrected chi connectivity index (χ0v) is 12.1. The minimum atomic E-state index is -0.0191. The van der Waals surface area contributed by atoms with Crippen LogP contribution in [0.3, 0.4) is 0 Å². The van der Waals surface area contributed by atoms with Crippen LogP contribution in [0.4, 0.5) is 0 Å². The molecule has 0 aliphatic heterocycles. The Bertz CT molecular complexity index is 536. The molecule has 104 valence electrons. The smallest absolute Gasteiger partial charge is 0.144 e. The van der Waals surface area contributed by atoms with E-state index in [9.17, 15) is 4.79 Å². The molecule has 0 radical (unpaired) electrons. The molecule has 2 rings (SSSR count). The first-order chi connectivity index (χ1) is 9.72. The number of pyridine rings is 1. The van der Waals surface area contributed by atoms with Gasteiger partial charge in [-0.2, -0.15) is 0 Å². The van der Waals surface area contributed by atoms with Gasteiger partial charge in [-0.15, -0.1) is 0 Å². The molecule has 1 aromatic carbocycles. The van der Waals surface area contributed by atoms with Gasteiger partial charge >= 0.3 is 0 Å². The zero-order valence-electron chi connectivity index (χ0n) is 12.1. The van der Waals surface area contributed by atoms with Crippen LogP contribution in [-0.2, 0) is 11.2 Å². The number of rotatable bonds is 6. The first-order valence-electron chi connectivity index (χ1n) is 7.19. The number of hydrogen-bond acceptors (Lipinski definition) is 2. The second-order valence-corrected chi connectivity index (χ2v) is 5.27. The van der Waals surface area contributed by atoms with Crippen molar-refractivity contribution >= 4 is 5.78 Å². The molecule has 0 saturated carbocycles. The van der Waals surface area contributed by atoms with Crippen molar-refractivity contribution in [3.8, 4) is 0 Å². The highest BCUT2D eigenvalue weighted by atomic mass is 16.1. The van der Waals surface area contributed by atoms with E-state index >= 15 is 0 Å². The number of nitrogens with zero attached hydrogens (tertiary/aromatic N) is 1. The molecule has 2 heteroatoms. The molecule has 0 saturated heterocycles. The van der Waals surface area contributed by atoms with E-state index in [-0.39, 0.29) is 11.7 Å². The average molecular weight is 267 g/mol. The number of aromatic nitrogens is 1. The molecule has 1 heterocycles. The lowest BCUT2D eigenvalue weighted by Gasteiger charge is -2.22. The van der Waals surface area contributed by atoms with Crippen molar-refractivity contribution in [2.75, 3.05) is 0 Å². The molecule has 0 spiro atoms. The summed E-state index contributed by atoms with van der Waals surface area (Å²) in [6.07, 6.45) is 4.96. The summed E-state index contributed by atoms with van der Waals surface area (Å²) in [4.78, 5) is 16.7. The maximum absolute atomic E-state index is 12.7. The van der Waals surface area contributed by atoms with Gasteiger partial charge in [0.25, 0.3) is 0 Å². The molecule has 0 aliphatic carbocycles. The summed E-state index contributed by atoms with van der Waals surface area (Å²) in [5.41, 5.74) is 2.16. The second-order valence-electron chi connectivity index (χ2n) is 5.27. The summed E-state index contributed by atoms with van der Waals surface area (Å²) in [6, 6.07) is 13.9. The monoisotopic (exact) mass is 267 g/mol. The minimum absolute atomic E-state index is 0.0191. The molecular weight excluding hydrogens is 246 g/mol. The van der Waals surface area contributed by atoms with Crippen LogP contribution in [0.5, 0.6) is 0 Å². The third kappa shape index (κ3) is 3.53. The van der Waals surface area contributed by atoms with Gasteiger partial charge in [0.2, 0.25) is 0 Å². The standard InChI is InChI=1S/C18H21NO/c1-3-14(2)18(16-7-5-4-6-8-16)17(20)13-15-9-11-19-12-10-15/h4-12,14,18H,3,13H2,1-2H3. The molecule has 0 aliphatic rings. The average Bonchev–Trinajstić information content (AvgIpc) is 2.49. The van der Waals surface area contributed by atoms with E-state index < -0.39 is 0 Å². The fourth-order valence-corrected chi connectivity index (χ4v) is 2.54. The Kier molecular flexibility index (Phi) is 5.05. The van der Waals surface area contributed by atoms with Crippen LogP contribution >= 0.6 is 0 Å². The van der Waals surface area contributed by atoms with Gasteiger partial charge in [-0.05, 0) is 29.2 Å². The van der Waals surface area contributed by atoms with Gasteiger partial charge in [0, 0.05) is 24.7 Å². The van der Waals surface area contributed by atoms with Crippen molar-refractivity contribution in [1.82, 2.24) is 4.98 Å². The Morgan fingerprint density at radius 1 is 1.10 bits per heavy atom. The largest absolute Gasteiger partial charge is 0.299 e. The predicted molar refractivity (Wildman–Crippen MR) is 81.6 cm³/mol.